The Bertz CT molecular complexity index is 2080. The van der Waals surface area contributed by atoms with Gasteiger partial charge in [-0.2, -0.15) is 10.4 Å². The Labute approximate surface area is 322 Å². The van der Waals surface area contributed by atoms with Crippen molar-refractivity contribution in [1.82, 2.24) is 29.5 Å². The summed E-state index contributed by atoms with van der Waals surface area (Å²) in [5, 5.41) is 15.6. The molecule has 0 N–H and O–H groups in total. The standard InChI is InChI=1S/C37H34F2IN7O5S/c1-24(34-44-32(19-53-34)27-7-3-25(16-41)4-8-27)37(20-47-22-42-21-43-47,30-12-11-29(38)15-31(30)39)52-36(49)51-23-50-35(48)28-9-5-26(6-10-28)17-46-14-13-45(2)18-33(46)40/h3-12,15,19,21-22,24,33H,13-14,17-18,20,23H2,1-2H3/t24-,33?,37+/m0/s1. The van der Waals surface area contributed by atoms with E-state index in [4.69, 9.17) is 19.2 Å². The van der Waals surface area contributed by atoms with E-state index in [-0.39, 0.29) is 17.7 Å². The number of thiazole rings is 1. The molecule has 2 aromatic heterocycles. The van der Waals surface area contributed by atoms with Gasteiger partial charge in [0.25, 0.3) is 0 Å². The normalized spacial score (nSPS) is 16.6. The number of ether oxygens (including phenoxy) is 3. The molecule has 16 heteroatoms. The summed E-state index contributed by atoms with van der Waals surface area (Å²) in [6.45, 7) is 4.26. The van der Waals surface area contributed by atoms with Crippen LogP contribution in [0.2, 0.25) is 0 Å². The Morgan fingerprint density at radius 3 is 2.55 bits per heavy atom. The minimum Gasteiger partial charge on any atom is -0.424 e. The first kappa shape index (κ1) is 37.9. The molecule has 1 saturated heterocycles. The molecule has 1 aliphatic rings. The molecule has 0 radical (unpaired) electrons. The van der Waals surface area contributed by atoms with Gasteiger partial charge in [-0.3, -0.25) is 4.90 Å². The molecule has 0 saturated carbocycles. The average molecular weight is 854 g/mol. The van der Waals surface area contributed by atoms with E-state index in [0.717, 1.165) is 43.4 Å². The molecular formula is C37H34F2IN7O5S. The molecule has 0 spiro atoms. The number of likely N-dealkylation sites (N-methyl/N-ethyl adjacent to an activating group) is 1. The summed E-state index contributed by atoms with van der Waals surface area (Å²) in [5.41, 5.74) is 1.01. The smallest absolute Gasteiger partial charge is 0.424 e. The summed E-state index contributed by atoms with van der Waals surface area (Å²) < 4.78 is 48.1. The van der Waals surface area contributed by atoms with Crippen LogP contribution in [0.4, 0.5) is 13.6 Å². The molecule has 3 heterocycles. The lowest BCUT2D eigenvalue weighted by molar-refractivity contribution is -0.0881. The highest BCUT2D eigenvalue weighted by atomic mass is 127. The quantitative estimate of drug-likeness (QED) is 0.0435. The van der Waals surface area contributed by atoms with Gasteiger partial charge < -0.3 is 19.1 Å². The van der Waals surface area contributed by atoms with Gasteiger partial charge in [0, 0.05) is 48.8 Å². The summed E-state index contributed by atoms with van der Waals surface area (Å²) in [5.74, 6) is -3.40. The van der Waals surface area contributed by atoms with Crippen molar-refractivity contribution in [2.75, 3.05) is 33.5 Å². The minimum absolute atomic E-state index is 0.170. The number of rotatable bonds is 12. The number of aromatic nitrogens is 4. The predicted molar refractivity (Wildman–Crippen MR) is 199 cm³/mol. The van der Waals surface area contributed by atoms with Crippen molar-refractivity contribution in [3.8, 4) is 17.3 Å². The van der Waals surface area contributed by atoms with Crippen molar-refractivity contribution < 1.29 is 32.6 Å². The number of halogens is 3. The minimum atomic E-state index is -1.91. The Morgan fingerprint density at radius 1 is 1.09 bits per heavy atom. The van der Waals surface area contributed by atoms with Crippen LogP contribution in [0.5, 0.6) is 0 Å². The summed E-state index contributed by atoms with van der Waals surface area (Å²) in [4.78, 5) is 39.7. The third-order valence-electron chi connectivity index (χ3n) is 8.99. The van der Waals surface area contributed by atoms with Gasteiger partial charge in [-0.05, 0) is 49.0 Å². The van der Waals surface area contributed by atoms with E-state index < -0.39 is 42.1 Å². The Kier molecular flexibility index (Phi) is 12.1. The van der Waals surface area contributed by atoms with Crippen molar-refractivity contribution >= 4 is 46.1 Å². The second-order valence-electron chi connectivity index (χ2n) is 12.5. The highest BCUT2D eigenvalue weighted by Crippen LogP contribution is 2.45. The van der Waals surface area contributed by atoms with Crippen LogP contribution in [0, 0.1) is 23.0 Å². The van der Waals surface area contributed by atoms with Crippen molar-refractivity contribution in [2.45, 2.75) is 35.6 Å². The van der Waals surface area contributed by atoms with E-state index in [1.54, 1.807) is 48.7 Å². The largest absolute Gasteiger partial charge is 0.512 e. The lowest BCUT2D eigenvalue weighted by Crippen LogP contribution is -2.48. The van der Waals surface area contributed by atoms with E-state index in [0.29, 0.717) is 26.4 Å². The van der Waals surface area contributed by atoms with Gasteiger partial charge in [0.05, 0.1) is 39.4 Å². The lowest BCUT2D eigenvalue weighted by Gasteiger charge is -2.37. The van der Waals surface area contributed by atoms with Crippen molar-refractivity contribution in [3.63, 3.8) is 0 Å². The zero-order valence-electron chi connectivity index (χ0n) is 28.7. The van der Waals surface area contributed by atoms with Crippen molar-refractivity contribution in [3.05, 3.63) is 124 Å². The summed E-state index contributed by atoms with van der Waals surface area (Å²) in [7, 11) is 2.10. The molecule has 53 heavy (non-hydrogen) atoms. The molecule has 6 rings (SSSR count). The van der Waals surface area contributed by atoms with Gasteiger partial charge in [0.15, 0.2) is 5.60 Å². The first-order valence-corrected chi connectivity index (χ1v) is 18.6. The SMILES string of the molecule is C[C@@H](c1nc(-c2ccc(C#N)cc2)cs1)[C@@](Cn1cncn1)(OC(=O)OCOC(=O)c1ccc(CN2CCN(C)CC2I)cc1)c1ccc(F)cc1F. The van der Waals surface area contributed by atoms with Crippen LogP contribution in [0.1, 0.15) is 44.9 Å². The highest BCUT2D eigenvalue weighted by molar-refractivity contribution is 14.1. The fourth-order valence-corrected chi connectivity index (χ4v) is 8.12. The molecule has 1 fully saturated rings. The number of alkyl halides is 1. The number of piperazine rings is 1. The summed E-state index contributed by atoms with van der Waals surface area (Å²) in [6, 6.07) is 18.9. The zero-order chi connectivity index (χ0) is 37.5. The lowest BCUT2D eigenvalue weighted by atomic mass is 9.81. The van der Waals surface area contributed by atoms with Gasteiger partial charge in [0.1, 0.15) is 29.3 Å². The second kappa shape index (κ2) is 16.9. The molecule has 1 aliphatic heterocycles. The van der Waals surface area contributed by atoms with E-state index in [2.05, 4.69) is 55.6 Å². The summed E-state index contributed by atoms with van der Waals surface area (Å²) >= 11 is 3.67. The van der Waals surface area contributed by atoms with Gasteiger partial charge in [-0.1, -0.05) is 53.8 Å². The van der Waals surface area contributed by atoms with E-state index in [1.807, 2.05) is 12.1 Å². The molecule has 3 aromatic carbocycles. The van der Waals surface area contributed by atoms with Crippen LogP contribution in [-0.4, -0.2) is 79.2 Å². The van der Waals surface area contributed by atoms with E-state index in [9.17, 15) is 19.2 Å². The van der Waals surface area contributed by atoms with Crippen LogP contribution in [0.25, 0.3) is 11.3 Å². The Balaban J connectivity index is 1.19. The molecular weight excluding hydrogens is 819 g/mol. The monoisotopic (exact) mass is 853 g/mol. The summed E-state index contributed by atoms with van der Waals surface area (Å²) in [6.07, 6.45) is 1.34. The van der Waals surface area contributed by atoms with Crippen LogP contribution in [0.15, 0.2) is 84.8 Å². The predicted octanol–water partition coefficient (Wildman–Crippen LogP) is 6.73. The first-order chi connectivity index (χ1) is 25.5. The molecule has 0 amide bonds. The molecule has 1 unspecified atom stereocenters. The van der Waals surface area contributed by atoms with Crippen LogP contribution < -0.4 is 0 Å². The number of esters is 1. The van der Waals surface area contributed by atoms with Gasteiger partial charge in [-0.25, -0.2) is 33.0 Å². The number of nitrogens with zero attached hydrogens (tertiary/aromatic N) is 7. The first-order valence-electron chi connectivity index (χ1n) is 16.5. The average Bonchev–Trinajstić information content (AvgIpc) is 3.86. The topological polar surface area (TPSA) is 136 Å². The maximum atomic E-state index is 15.7. The van der Waals surface area contributed by atoms with Gasteiger partial charge in [-0.15, -0.1) is 11.3 Å². The van der Waals surface area contributed by atoms with Crippen LogP contribution >= 0.6 is 33.9 Å². The molecule has 0 bridgehead atoms. The van der Waals surface area contributed by atoms with E-state index in [1.165, 1.54) is 34.7 Å². The number of hydrogen-bond donors (Lipinski definition) is 0. The second-order valence-corrected chi connectivity index (χ2v) is 14.8. The van der Waals surface area contributed by atoms with Crippen LogP contribution in [0.3, 0.4) is 0 Å². The molecule has 0 aliphatic carbocycles. The Hall–Kier alpha value is -4.83. The molecule has 5 aromatic rings. The van der Waals surface area contributed by atoms with Gasteiger partial charge >= 0.3 is 12.1 Å². The maximum absolute atomic E-state index is 15.7. The number of nitriles is 1. The Morgan fingerprint density at radius 2 is 1.87 bits per heavy atom. The van der Waals surface area contributed by atoms with Crippen LogP contribution in [-0.2, 0) is 32.9 Å². The number of hydrogen-bond acceptors (Lipinski definition) is 12. The fourth-order valence-electron chi connectivity index (χ4n) is 6.01. The molecule has 274 valence electrons. The number of benzene rings is 3. The number of carbonyl (C=O) groups excluding carboxylic acids is 2. The molecule has 12 nitrogen and oxygen atoms in total. The van der Waals surface area contributed by atoms with Crippen molar-refractivity contribution in [1.29, 1.82) is 5.26 Å². The van der Waals surface area contributed by atoms with Gasteiger partial charge in [0.2, 0.25) is 6.79 Å². The number of carbonyl (C=O) groups is 2. The zero-order valence-corrected chi connectivity index (χ0v) is 31.7. The maximum Gasteiger partial charge on any atom is 0.512 e. The molecule has 3 atom stereocenters. The fraction of sp³-hybridized carbons (Fsp3) is 0.297. The highest BCUT2D eigenvalue weighted by Gasteiger charge is 2.47. The third-order valence-corrected chi connectivity index (χ3v) is 11.2. The van der Waals surface area contributed by atoms with E-state index >= 15 is 4.39 Å². The van der Waals surface area contributed by atoms with Crippen molar-refractivity contribution in [2.24, 2.45) is 0 Å². The third kappa shape index (κ3) is 9.04.